The van der Waals surface area contributed by atoms with Crippen molar-refractivity contribution in [3.63, 3.8) is 0 Å². The summed E-state index contributed by atoms with van der Waals surface area (Å²) in [6, 6.07) is 10.3. The number of nitrogens with zero attached hydrogens (tertiary/aromatic N) is 1. The molecule has 4 nitrogen and oxygen atoms in total. The first kappa shape index (κ1) is 16.6. The van der Waals surface area contributed by atoms with Gasteiger partial charge in [-0.15, -0.1) is 0 Å². The fourth-order valence-electron chi connectivity index (χ4n) is 4.06. The Morgan fingerprint density at radius 3 is 2.96 bits per heavy atom. The topological polar surface area (TPSA) is 38.8 Å². The zero-order valence-corrected chi connectivity index (χ0v) is 14.8. The van der Waals surface area contributed by atoms with Gasteiger partial charge in [-0.05, 0) is 48.4 Å². The lowest BCUT2D eigenvalue weighted by Crippen LogP contribution is -2.32. The third kappa shape index (κ3) is 3.29. The van der Waals surface area contributed by atoms with Gasteiger partial charge in [0.15, 0.2) is 0 Å². The smallest absolute Gasteiger partial charge is 0.339 e. The van der Waals surface area contributed by atoms with Crippen molar-refractivity contribution in [1.82, 2.24) is 4.90 Å². The molecule has 2 aliphatic heterocycles. The lowest BCUT2D eigenvalue weighted by atomic mass is 9.94. The molecule has 0 aromatic heterocycles. The maximum Gasteiger partial charge on any atom is 0.339 e. The summed E-state index contributed by atoms with van der Waals surface area (Å²) in [5.74, 6) is -0.208. The Morgan fingerprint density at radius 1 is 1.24 bits per heavy atom. The number of rotatable bonds is 6. The first-order valence-electron chi connectivity index (χ1n) is 9.31. The summed E-state index contributed by atoms with van der Waals surface area (Å²) in [7, 11) is 0. The highest BCUT2D eigenvalue weighted by molar-refractivity contribution is 6.08. The third-order valence-electron chi connectivity index (χ3n) is 5.22. The Hall–Kier alpha value is -1.91. The molecule has 1 atom stereocenters. The van der Waals surface area contributed by atoms with Crippen LogP contribution in [0.5, 0.6) is 0 Å². The largest absolute Gasteiger partial charge is 0.457 e. The quantitative estimate of drug-likeness (QED) is 0.748. The minimum atomic E-state index is -0.208. The van der Waals surface area contributed by atoms with E-state index in [0.717, 1.165) is 50.0 Å². The number of hydrogen-bond donors (Lipinski definition) is 0. The Morgan fingerprint density at radius 2 is 2.16 bits per heavy atom. The van der Waals surface area contributed by atoms with Crippen LogP contribution in [0, 0.1) is 0 Å². The SMILES string of the molecule is CCCN(Cc1ccc2c3c(cccc13)C(=O)OC2)CC1CCCO1. The molecule has 1 saturated heterocycles. The van der Waals surface area contributed by atoms with E-state index in [4.69, 9.17) is 9.47 Å². The molecule has 2 aliphatic rings. The van der Waals surface area contributed by atoms with Gasteiger partial charge in [-0.2, -0.15) is 0 Å². The first-order chi connectivity index (χ1) is 12.3. The highest BCUT2D eigenvalue weighted by Crippen LogP contribution is 2.31. The standard InChI is InChI=1S/C21H25NO3/c1-2-10-22(13-17-5-4-11-24-17)12-15-8-9-16-14-25-21(23)19-7-3-6-18(15)20(16)19/h3,6-9,17H,2,4-5,10-14H2,1H3. The van der Waals surface area contributed by atoms with Crippen LogP contribution in [-0.2, 0) is 22.6 Å². The van der Waals surface area contributed by atoms with Crippen molar-refractivity contribution in [3.05, 3.63) is 47.0 Å². The van der Waals surface area contributed by atoms with Gasteiger partial charge in [0.2, 0.25) is 0 Å². The van der Waals surface area contributed by atoms with Crippen LogP contribution in [0.3, 0.4) is 0 Å². The van der Waals surface area contributed by atoms with E-state index in [1.807, 2.05) is 12.1 Å². The summed E-state index contributed by atoms with van der Waals surface area (Å²) < 4.78 is 11.1. The third-order valence-corrected chi connectivity index (χ3v) is 5.22. The molecule has 2 aromatic carbocycles. The molecule has 2 aromatic rings. The fourth-order valence-corrected chi connectivity index (χ4v) is 4.06. The van der Waals surface area contributed by atoms with E-state index in [0.29, 0.717) is 18.3 Å². The van der Waals surface area contributed by atoms with Crippen LogP contribution in [0.4, 0.5) is 0 Å². The Balaban J connectivity index is 1.65. The summed E-state index contributed by atoms with van der Waals surface area (Å²) in [5, 5.41) is 2.25. The van der Waals surface area contributed by atoms with Crippen LogP contribution >= 0.6 is 0 Å². The molecule has 2 heterocycles. The summed E-state index contributed by atoms with van der Waals surface area (Å²) in [4.78, 5) is 14.6. The average molecular weight is 339 g/mol. The molecule has 0 aliphatic carbocycles. The van der Waals surface area contributed by atoms with Crippen molar-refractivity contribution in [2.24, 2.45) is 0 Å². The predicted octanol–water partition coefficient (Wildman–Crippen LogP) is 3.90. The molecule has 25 heavy (non-hydrogen) atoms. The molecular formula is C21H25NO3. The highest BCUT2D eigenvalue weighted by Gasteiger charge is 2.23. The second-order valence-corrected chi connectivity index (χ2v) is 7.06. The lowest BCUT2D eigenvalue weighted by molar-refractivity contribution is 0.0463. The monoisotopic (exact) mass is 339 g/mol. The highest BCUT2D eigenvalue weighted by atomic mass is 16.5. The minimum absolute atomic E-state index is 0.208. The molecule has 132 valence electrons. The molecule has 0 N–H and O–H groups in total. The van der Waals surface area contributed by atoms with Gasteiger partial charge in [-0.3, -0.25) is 4.90 Å². The van der Waals surface area contributed by atoms with Crippen molar-refractivity contribution in [1.29, 1.82) is 0 Å². The van der Waals surface area contributed by atoms with Crippen molar-refractivity contribution in [3.8, 4) is 0 Å². The molecule has 1 fully saturated rings. The zero-order chi connectivity index (χ0) is 17.2. The number of carbonyl (C=O) groups excluding carboxylic acids is 1. The van der Waals surface area contributed by atoms with Crippen LogP contribution in [0.1, 0.15) is 47.7 Å². The van der Waals surface area contributed by atoms with Crippen LogP contribution < -0.4 is 0 Å². The molecule has 0 spiro atoms. The van der Waals surface area contributed by atoms with E-state index in [9.17, 15) is 4.79 Å². The van der Waals surface area contributed by atoms with E-state index in [2.05, 4.69) is 30.0 Å². The predicted molar refractivity (Wildman–Crippen MR) is 97.6 cm³/mol. The minimum Gasteiger partial charge on any atom is -0.457 e. The summed E-state index contributed by atoms with van der Waals surface area (Å²) in [6.07, 6.45) is 3.82. The maximum absolute atomic E-state index is 12.1. The van der Waals surface area contributed by atoms with Crippen molar-refractivity contribution < 1.29 is 14.3 Å². The number of benzene rings is 2. The van der Waals surface area contributed by atoms with E-state index in [-0.39, 0.29) is 5.97 Å². The number of cyclic esters (lactones) is 1. The summed E-state index contributed by atoms with van der Waals surface area (Å²) in [6.45, 7) is 6.43. The number of ether oxygens (including phenoxy) is 2. The second kappa shape index (κ2) is 7.14. The van der Waals surface area contributed by atoms with Gasteiger partial charge in [-0.25, -0.2) is 4.79 Å². The molecule has 0 amide bonds. The Kier molecular flexibility index (Phi) is 4.73. The van der Waals surface area contributed by atoms with Gasteiger partial charge in [0.25, 0.3) is 0 Å². The van der Waals surface area contributed by atoms with Gasteiger partial charge in [0.05, 0.1) is 11.7 Å². The zero-order valence-electron chi connectivity index (χ0n) is 14.8. The average Bonchev–Trinajstić information content (AvgIpc) is 3.13. The molecule has 0 bridgehead atoms. The van der Waals surface area contributed by atoms with E-state index < -0.39 is 0 Å². The van der Waals surface area contributed by atoms with Gasteiger partial charge >= 0.3 is 5.97 Å². The van der Waals surface area contributed by atoms with Crippen molar-refractivity contribution in [2.45, 2.75) is 45.4 Å². The Bertz CT molecular complexity index is 780. The van der Waals surface area contributed by atoms with Crippen LogP contribution in [0.25, 0.3) is 10.8 Å². The van der Waals surface area contributed by atoms with E-state index >= 15 is 0 Å². The van der Waals surface area contributed by atoms with Crippen molar-refractivity contribution in [2.75, 3.05) is 19.7 Å². The van der Waals surface area contributed by atoms with Crippen LogP contribution in [-0.4, -0.2) is 36.7 Å². The molecular weight excluding hydrogens is 314 g/mol. The second-order valence-electron chi connectivity index (χ2n) is 7.06. The molecule has 0 saturated carbocycles. The van der Waals surface area contributed by atoms with Gasteiger partial charge in [0, 0.05) is 25.1 Å². The summed E-state index contributed by atoms with van der Waals surface area (Å²) >= 11 is 0. The summed E-state index contributed by atoms with van der Waals surface area (Å²) in [5.41, 5.74) is 3.08. The number of hydrogen-bond acceptors (Lipinski definition) is 4. The Labute approximate surface area is 148 Å². The van der Waals surface area contributed by atoms with Crippen molar-refractivity contribution >= 4 is 16.7 Å². The maximum atomic E-state index is 12.1. The van der Waals surface area contributed by atoms with E-state index in [1.54, 1.807) is 0 Å². The molecule has 4 rings (SSSR count). The number of carbonyl (C=O) groups is 1. The van der Waals surface area contributed by atoms with Crippen LogP contribution in [0.15, 0.2) is 30.3 Å². The normalized spacial score (nSPS) is 19.6. The molecule has 4 heteroatoms. The van der Waals surface area contributed by atoms with E-state index in [1.165, 1.54) is 17.4 Å². The van der Waals surface area contributed by atoms with Crippen LogP contribution in [0.2, 0.25) is 0 Å². The fraction of sp³-hybridized carbons (Fsp3) is 0.476. The van der Waals surface area contributed by atoms with Gasteiger partial charge < -0.3 is 9.47 Å². The first-order valence-corrected chi connectivity index (χ1v) is 9.31. The molecule has 0 radical (unpaired) electrons. The van der Waals surface area contributed by atoms with Gasteiger partial charge in [0.1, 0.15) is 6.61 Å². The molecule has 1 unspecified atom stereocenters. The van der Waals surface area contributed by atoms with Gasteiger partial charge in [-0.1, -0.05) is 31.2 Å². The number of esters is 1. The lowest BCUT2D eigenvalue weighted by Gasteiger charge is -2.26.